The molecule has 29 heavy (non-hydrogen) atoms. The van der Waals surface area contributed by atoms with Crippen LogP contribution in [0.15, 0.2) is 36.4 Å². The number of nitrogens with one attached hydrogen (secondary N) is 1. The van der Waals surface area contributed by atoms with E-state index in [2.05, 4.69) is 5.32 Å². The van der Waals surface area contributed by atoms with E-state index in [4.69, 9.17) is 4.74 Å². The molecule has 1 aliphatic carbocycles. The van der Waals surface area contributed by atoms with Crippen molar-refractivity contribution in [3.05, 3.63) is 36.4 Å². The second kappa shape index (κ2) is 7.50. The maximum atomic E-state index is 12.5. The molecule has 0 bridgehead atoms. The molecular weight excluding hydrogens is 378 g/mol. The summed E-state index contributed by atoms with van der Waals surface area (Å²) in [7, 11) is 0. The summed E-state index contributed by atoms with van der Waals surface area (Å²) in [6.45, 7) is -1.30. The van der Waals surface area contributed by atoms with Gasteiger partial charge in [0.05, 0.1) is 23.2 Å². The van der Waals surface area contributed by atoms with Crippen molar-refractivity contribution >= 4 is 41.0 Å². The van der Waals surface area contributed by atoms with Gasteiger partial charge in [-0.25, -0.2) is 0 Å². The van der Waals surface area contributed by atoms with Gasteiger partial charge in [-0.1, -0.05) is 24.3 Å². The molecule has 0 aromatic heterocycles. The van der Waals surface area contributed by atoms with Crippen LogP contribution in [0.25, 0.3) is 0 Å². The first-order valence-electron chi connectivity index (χ1n) is 9.31. The Morgan fingerprint density at radius 3 is 2.38 bits per heavy atom. The van der Waals surface area contributed by atoms with E-state index in [1.54, 1.807) is 24.3 Å². The molecule has 0 unspecified atom stereocenters. The van der Waals surface area contributed by atoms with Crippen molar-refractivity contribution in [3.8, 4) is 0 Å². The molecule has 0 radical (unpaired) electrons. The first kappa shape index (κ1) is 18.9. The van der Waals surface area contributed by atoms with Crippen LogP contribution in [-0.4, -0.2) is 54.2 Å². The molecule has 9 nitrogen and oxygen atoms in total. The molecular formula is C20H19N3O6. The fraction of sp³-hybridized carbons (Fsp3) is 0.350. The van der Waals surface area contributed by atoms with Crippen LogP contribution in [0.3, 0.4) is 0 Å². The third-order valence-electron chi connectivity index (χ3n) is 5.31. The SMILES string of the molecule is O=C1CN(C(=O)COC(=O)CN2C(=O)[C@@H]3CC=CC[C@H]3C2=O)c2ccccc2N1. The Bertz CT molecular complexity index is 914. The molecule has 1 aromatic carbocycles. The number of allylic oxidation sites excluding steroid dienone is 2. The number of imide groups is 1. The number of amides is 4. The van der Waals surface area contributed by atoms with Crippen LogP contribution in [0.2, 0.25) is 0 Å². The van der Waals surface area contributed by atoms with E-state index < -0.39 is 36.9 Å². The van der Waals surface area contributed by atoms with Gasteiger partial charge in [0.2, 0.25) is 17.7 Å². The van der Waals surface area contributed by atoms with Crippen molar-refractivity contribution in [2.75, 3.05) is 29.9 Å². The third kappa shape index (κ3) is 3.51. The fourth-order valence-corrected chi connectivity index (χ4v) is 3.88. The Hall–Kier alpha value is -3.49. The smallest absolute Gasteiger partial charge is 0.326 e. The van der Waals surface area contributed by atoms with E-state index in [1.807, 2.05) is 12.2 Å². The summed E-state index contributed by atoms with van der Waals surface area (Å²) in [5.41, 5.74) is 1.00. The lowest BCUT2D eigenvalue weighted by molar-refractivity contribution is -0.154. The lowest BCUT2D eigenvalue weighted by atomic mass is 9.85. The normalized spacial score (nSPS) is 22.8. The van der Waals surface area contributed by atoms with Gasteiger partial charge in [-0.15, -0.1) is 0 Å². The van der Waals surface area contributed by atoms with Gasteiger partial charge in [0, 0.05) is 0 Å². The average Bonchev–Trinajstić information content (AvgIpc) is 2.96. The standard InChI is InChI=1S/C20H19N3O6/c24-16-9-22(15-8-4-3-7-14(15)21-16)17(25)11-29-18(26)10-23-19(27)12-5-1-2-6-13(12)20(23)28/h1-4,7-8,12-13H,5-6,9-11H2,(H,21,24)/t12-,13-/m1/s1. The summed E-state index contributed by atoms with van der Waals surface area (Å²) < 4.78 is 5.00. The number of hydrogen-bond donors (Lipinski definition) is 1. The highest BCUT2D eigenvalue weighted by atomic mass is 16.5. The fourth-order valence-electron chi connectivity index (χ4n) is 3.88. The maximum Gasteiger partial charge on any atom is 0.326 e. The Kier molecular flexibility index (Phi) is 4.87. The number of ether oxygens (including phenoxy) is 1. The molecule has 1 fully saturated rings. The number of hydrogen-bond acceptors (Lipinski definition) is 6. The van der Waals surface area contributed by atoms with Crippen LogP contribution in [0.5, 0.6) is 0 Å². The minimum Gasteiger partial charge on any atom is -0.454 e. The van der Waals surface area contributed by atoms with Gasteiger partial charge in [0.15, 0.2) is 6.61 Å². The van der Waals surface area contributed by atoms with E-state index in [-0.39, 0.29) is 24.3 Å². The molecule has 150 valence electrons. The third-order valence-corrected chi connectivity index (χ3v) is 5.31. The monoisotopic (exact) mass is 397 g/mol. The molecule has 3 aliphatic rings. The van der Waals surface area contributed by atoms with Crippen molar-refractivity contribution in [1.82, 2.24) is 4.90 Å². The number of benzene rings is 1. The Morgan fingerprint density at radius 2 is 1.69 bits per heavy atom. The Morgan fingerprint density at radius 1 is 1.03 bits per heavy atom. The number of likely N-dealkylation sites (tertiary alicyclic amines) is 1. The number of para-hydroxylation sites is 2. The van der Waals surface area contributed by atoms with Crippen LogP contribution in [0.4, 0.5) is 11.4 Å². The number of esters is 1. The van der Waals surface area contributed by atoms with Gasteiger partial charge < -0.3 is 10.1 Å². The predicted octanol–water partition coefficient (Wildman–Crippen LogP) is 0.466. The molecule has 2 atom stereocenters. The van der Waals surface area contributed by atoms with E-state index in [9.17, 15) is 24.0 Å². The lowest BCUT2D eigenvalue weighted by Gasteiger charge is -2.28. The van der Waals surface area contributed by atoms with E-state index in [1.165, 1.54) is 4.90 Å². The zero-order valence-electron chi connectivity index (χ0n) is 15.5. The van der Waals surface area contributed by atoms with Crippen molar-refractivity contribution in [3.63, 3.8) is 0 Å². The zero-order chi connectivity index (χ0) is 20.5. The minimum atomic E-state index is -0.846. The molecule has 1 N–H and O–H groups in total. The van der Waals surface area contributed by atoms with Crippen molar-refractivity contribution < 1.29 is 28.7 Å². The first-order valence-corrected chi connectivity index (χ1v) is 9.31. The summed E-state index contributed by atoms with van der Waals surface area (Å²) in [6.07, 6.45) is 4.68. The summed E-state index contributed by atoms with van der Waals surface area (Å²) >= 11 is 0. The van der Waals surface area contributed by atoms with E-state index in [0.29, 0.717) is 24.2 Å². The van der Waals surface area contributed by atoms with E-state index in [0.717, 1.165) is 4.90 Å². The number of carbonyl (C=O) groups excluding carboxylic acids is 5. The van der Waals surface area contributed by atoms with Crippen LogP contribution < -0.4 is 10.2 Å². The second-order valence-corrected chi connectivity index (χ2v) is 7.12. The number of carbonyl (C=O) groups is 5. The van der Waals surface area contributed by atoms with Crippen LogP contribution in [0, 0.1) is 11.8 Å². The highest BCUT2D eigenvalue weighted by molar-refractivity contribution is 6.10. The zero-order valence-corrected chi connectivity index (χ0v) is 15.5. The minimum absolute atomic E-state index is 0.188. The molecule has 2 heterocycles. The van der Waals surface area contributed by atoms with Crippen LogP contribution in [-0.2, 0) is 28.7 Å². The van der Waals surface area contributed by atoms with Gasteiger partial charge in [-0.3, -0.25) is 33.8 Å². The average molecular weight is 397 g/mol. The molecule has 1 aromatic rings. The number of anilines is 2. The topological polar surface area (TPSA) is 113 Å². The molecule has 0 saturated carbocycles. The maximum absolute atomic E-state index is 12.5. The molecule has 0 spiro atoms. The number of nitrogens with zero attached hydrogens (tertiary/aromatic N) is 2. The van der Waals surface area contributed by atoms with Crippen molar-refractivity contribution in [2.45, 2.75) is 12.8 Å². The lowest BCUT2D eigenvalue weighted by Crippen LogP contribution is -2.44. The highest BCUT2D eigenvalue weighted by Gasteiger charge is 2.47. The quantitative estimate of drug-likeness (QED) is 0.449. The van der Waals surface area contributed by atoms with E-state index >= 15 is 0 Å². The van der Waals surface area contributed by atoms with Crippen molar-refractivity contribution in [2.24, 2.45) is 11.8 Å². The summed E-state index contributed by atoms with van der Waals surface area (Å²) in [5, 5.41) is 2.66. The predicted molar refractivity (Wildman–Crippen MR) is 100 cm³/mol. The van der Waals surface area contributed by atoms with Gasteiger partial charge in [-0.05, 0) is 25.0 Å². The number of rotatable bonds is 4. The molecule has 4 rings (SSSR count). The molecule has 2 aliphatic heterocycles. The summed E-state index contributed by atoms with van der Waals surface area (Å²) in [5.74, 6) is -3.38. The van der Waals surface area contributed by atoms with Gasteiger partial charge in [-0.2, -0.15) is 0 Å². The van der Waals surface area contributed by atoms with Gasteiger partial charge in [0.25, 0.3) is 5.91 Å². The second-order valence-electron chi connectivity index (χ2n) is 7.12. The first-order chi connectivity index (χ1) is 14.0. The van der Waals surface area contributed by atoms with Crippen LogP contribution in [0.1, 0.15) is 12.8 Å². The van der Waals surface area contributed by atoms with Gasteiger partial charge in [0.1, 0.15) is 13.1 Å². The Labute approximate surface area is 166 Å². The Balaban J connectivity index is 1.36. The molecule has 4 amide bonds. The highest BCUT2D eigenvalue weighted by Crippen LogP contribution is 2.35. The van der Waals surface area contributed by atoms with Gasteiger partial charge >= 0.3 is 5.97 Å². The largest absolute Gasteiger partial charge is 0.454 e. The molecule has 1 saturated heterocycles. The van der Waals surface area contributed by atoms with Crippen LogP contribution >= 0.6 is 0 Å². The molecule has 9 heteroatoms. The summed E-state index contributed by atoms with van der Waals surface area (Å²) in [4.78, 5) is 63.4. The summed E-state index contributed by atoms with van der Waals surface area (Å²) in [6, 6.07) is 6.79. The van der Waals surface area contributed by atoms with Crippen molar-refractivity contribution in [1.29, 1.82) is 0 Å². The number of fused-ring (bicyclic) bond motifs is 2.